The second-order valence-electron chi connectivity index (χ2n) is 9.13. The molecule has 0 N–H and O–H groups in total. The highest BCUT2D eigenvalue weighted by molar-refractivity contribution is 7.97. The Morgan fingerprint density at radius 3 is 1.88 bits per heavy atom. The Balaban J connectivity index is 0.000000820. The number of hydrogen-bond donors (Lipinski definition) is 0. The number of aromatic nitrogens is 1. The van der Waals surface area contributed by atoms with Gasteiger partial charge in [-0.25, -0.2) is 0 Å². The molecule has 1 heterocycles. The van der Waals surface area contributed by atoms with Crippen molar-refractivity contribution < 1.29 is 4.74 Å². The van der Waals surface area contributed by atoms with Gasteiger partial charge < -0.3 is 9.30 Å². The molecule has 0 aliphatic heterocycles. The first-order valence-corrected chi connectivity index (χ1v) is 14.7. The summed E-state index contributed by atoms with van der Waals surface area (Å²) in [6.45, 7) is 20.5. The van der Waals surface area contributed by atoms with E-state index in [1.54, 1.807) is 0 Å². The van der Waals surface area contributed by atoms with Crippen molar-refractivity contribution >= 4 is 32.7 Å². The molecule has 3 heteroatoms. The number of methoxy groups -OCH3 is 1. The molecule has 33 heavy (non-hydrogen) atoms. The van der Waals surface area contributed by atoms with Gasteiger partial charge in [0.25, 0.3) is 0 Å². The smallest absolute Gasteiger partial charge is 0.197 e. The Hall–Kier alpha value is -1.61. The van der Waals surface area contributed by atoms with Crippen molar-refractivity contribution in [3.63, 3.8) is 0 Å². The summed E-state index contributed by atoms with van der Waals surface area (Å²) in [6, 6.07) is 11.6. The Morgan fingerprint density at radius 2 is 1.39 bits per heavy atom. The Labute approximate surface area is 207 Å². The molecule has 0 spiro atoms. The minimum atomic E-state index is 0.270. The number of nitrogens with zero attached hydrogens (tertiary/aromatic N) is 1. The molecule has 0 saturated heterocycles. The van der Waals surface area contributed by atoms with Crippen molar-refractivity contribution in [1.29, 1.82) is 0 Å². The van der Waals surface area contributed by atoms with Crippen LogP contribution in [0.4, 0.5) is 0 Å². The summed E-state index contributed by atoms with van der Waals surface area (Å²) in [6.07, 6.45) is 5.11. The van der Waals surface area contributed by atoms with E-state index in [1.165, 1.54) is 69.5 Å². The molecule has 0 fully saturated rings. The Bertz CT molecular complexity index is 946. The second-order valence-corrected chi connectivity index (χ2v) is 11.4. The number of benzene rings is 2. The van der Waals surface area contributed by atoms with Crippen molar-refractivity contribution in [2.75, 3.05) is 18.6 Å². The predicted octanol–water partition coefficient (Wildman–Crippen LogP) is 9.40. The molecule has 0 unspecified atom stereocenters. The molecule has 3 aromatic rings. The lowest BCUT2D eigenvalue weighted by molar-refractivity contribution is 0.405. The third kappa shape index (κ3) is 7.98. The SMILES string of the molecule is CC.CC(C)C.CCCC[S+](CCCC)c1cc2c3cc(C)ccc3n(CC)c2cc1OC. The first-order valence-electron chi connectivity index (χ1n) is 13.2. The van der Waals surface area contributed by atoms with E-state index in [9.17, 15) is 0 Å². The van der Waals surface area contributed by atoms with Crippen LogP contribution in [0.5, 0.6) is 5.75 Å². The molecule has 186 valence electrons. The quantitative estimate of drug-likeness (QED) is 0.283. The van der Waals surface area contributed by atoms with E-state index < -0.39 is 0 Å². The van der Waals surface area contributed by atoms with Crippen molar-refractivity contribution in [3.05, 3.63) is 35.9 Å². The first-order chi connectivity index (χ1) is 15.9. The molecule has 0 aliphatic rings. The topological polar surface area (TPSA) is 14.2 Å². The molecule has 0 saturated carbocycles. The Kier molecular flexibility index (Phi) is 13.7. The molecule has 0 atom stereocenters. The molecule has 0 amide bonds. The molecule has 0 radical (unpaired) electrons. The second kappa shape index (κ2) is 15.3. The maximum absolute atomic E-state index is 5.91. The van der Waals surface area contributed by atoms with Gasteiger partial charge >= 0.3 is 0 Å². The van der Waals surface area contributed by atoms with Crippen LogP contribution in [-0.2, 0) is 17.4 Å². The van der Waals surface area contributed by atoms with E-state index in [0.29, 0.717) is 0 Å². The monoisotopic (exact) mass is 472 g/mol. The standard InChI is InChI=1S/C24H34NOS.C4H10.C2H6/c1-6-9-13-27(14-10-7-2)24-16-20-19-15-18(4)11-12-21(19)25(8-3)22(20)17-23(24)26-5;1-4(2)3;1-2/h11-12,15-17H,6-10,13-14H2,1-5H3;4H,1-3H3;1-2H3/q+1;;. The minimum Gasteiger partial charge on any atom is -0.491 e. The lowest BCUT2D eigenvalue weighted by Gasteiger charge is -2.13. The average Bonchev–Trinajstić information content (AvgIpc) is 3.11. The number of ether oxygens (including phenoxy) is 1. The van der Waals surface area contributed by atoms with Crippen molar-refractivity contribution in [2.45, 2.75) is 99.4 Å². The van der Waals surface area contributed by atoms with Gasteiger partial charge in [-0.2, -0.15) is 0 Å². The van der Waals surface area contributed by atoms with Crippen LogP contribution >= 0.6 is 0 Å². The summed E-state index contributed by atoms with van der Waals surface area (Å²) in [5.74, 6) is 4.47. The fraction of sp³-hybridized carbons (Fsp3) is 0.600. The number of rotatable bonds is 9. The molecule has 2 aromatic carbocycles. The van der Waals surface area contributed by atoms with Gasteiger partial charge in [0.05, 0.1) is 12.6 Å². The van der Waals surface area contributed by atoms with Gasteiger partial charge in [0.2, 0.25) is 0 Å². The highest BCUT2D eigenvalue weighted by Gasteiger charge is 2.27. The van der Waals surface area contributed by atoms with Crippen LogP contribution in [0.2, 0.25) is 0 Å². The lowest BCUT2D eigenvalue weighted by Crippen LogP contribution is -2.14. The van der Waals surface area contributed by atoms with Gasteiger partial charge in [-0.15, -0.1) is 0 Å². The van der Waals surface area contributed by atoms with Gasteiger partial charge in [0.1, 0.15) is 11.5 Å². The van der Waals surface area contributed by atoms with Crippen LogP contribution in [0.1, 0.15) is 86.6 Å². The van der Waals surface area contributed by atoms with Crippen LogP contribution in [0, 0.1) is 12.8 Å². The molecular weight excluding hydrogens is 422 g/mol. The zero-order valence-electron chi connectivity index (χ0n) is 23.2. The fourth-order valence-electron chi connectivity index (χ4n) is 3.90. The number of unbranched alkanes of at least 4 members (excludes halogenated alkanes) is 2. The van der Waals surface area contributed by atoms with E-state index in [-0.39, 0.29) is 10.9 Å². The summed E-state index contributed by atoms with van der Waals surface area (Å²) in [4.78, 5) is 1.43. The van der Waals surface area contributed by atoms with Crippen LogP contribution in [0.15, 0.2) is 35.2 Å². The molecule has 1 aromatic heterocycles. The van der Waals surface area contributed by atoms with Gasteiger partial charge in [-0.1, -0.05) is 72.9 Å². The van der Waals surface area contributed by atoms with E-state index in [1.807, 2.05) is 21.0 Å². The highest BCUT2D eigenvalue weighted by Crippen LogP contribution is 2.37. The first kappa shape index (κ1) is 29.4. The summed E-state index contributed by atoms with van der Waals surface area (Å²) in [7, 11) is 2.10. The van der Waals surface area contributed by atoms with E-state index in [2.05, 4.69) is 83.4 Å². The Morgan fingerprint density at radius 1 is 0.848 bits per heavy atom. The van der Waals surface area contributed by atoms with E-state index in [4.69, 9.17) is 4.74 Å². The fourth-order valence-corrected chi connectivity index (χ4v) is 6.53. The van der Waals surface area contributed by atoms with Crippen molar-refractivity contribution in [3.8, 4) is 5.75 Å². The van der Waals surface area contributed by atoms with Crippen molar-refractivity contribution in [1.82, 2.24) is 4.57 Å². The van der Waals surface area contributed by atoms with Crippen LogP contribution in [0.3, 0.4) is 0 Å². The normalized spacial score (nSPS) is 10.9. The number of hydrogen-bond acceptors (Lipinski definition) is 1. The third-order valence-corrected chi connectivity index (χ3v) is 7.93. The molecule has 2 nitrogen and oxygen atoms in total. The summed E-state index contributed by atoms with van der Waals surface area (Å²) >= 11 is 0. The van der Waals surface area contributed by atoms with Gasteiger partial charge in [-0.3, -0.25) is 0 Å². The van der Waals surface area contributed by atoms with Crippen LogP contribution < -0.4 is 4.74 Å². The van der Waals surface area contributed by atoms with Gasteiger partial charge in [0.15, 0.2) is 10.6 Å². The molecular formula is C30H50NOS+. The minimum absolute atomic E-state index is 0.270. The maximum Gasteiger partial charge on any atom is 0.197 e. The molecule has 3 rings (SSSR count). The van der Waals surface area contributed by atoms with Crippen LogP contribution in [0.25, 0.3) is 21.8 Å². The molecule has 0 bridgehead atoms. The van der Waals surface area contributed by atoms with Gasteiger partial charge in [-0.05, 0) is 44.7 Å². The van der Waals surface area contributed by atoms with E-state index >= 15 is 0 Å². The maximum atomic E-state index is 5.91. The van der Waals surface area contributed by atoms with E-state index in [0.717, 1.165) is 18.2 Å². The predicted molar refractivity (Wildman–Crippen MR) is 153 cm³/mol. The van der Waals surface area contributed by atoms with Gasteiger partial charge in [0, 0.05) is 45.9 Å². The zero-order valence-corrected chi connectivity index (χ0v) is 24.0. The zero-order chi connectivity index (χ0) is 25.0. The summed E-state index contributed by atoms with van der Waals surface area (Å²) in [5, 5.41) is 2.77. The van der Waals surface area contributed by atoms with Crippen molar-refractivity contribution in [2.24, 2.45) is 5.92 Å². The lowest BCUT2D eigenvalue weighted by atomic mass is 10.1. The van der Waals surface area contributed by atoms with Crippen LogP contribution in [-0.4, -0.2) is 23.2 Å². The third-order valence-electron chi connectivity index (χ3n) is 5.42. The summed E-state index contributed by atoms with van der Waals surface area (Å²) in [5.41, 5.74) is 3.96. The molecule has 0 aliphatic carbocycles. The average molecular weight is 473 g/mol. The number of aryl methyl sites for hydroxylation is 2. The highest BCUT2D eigenvalue weighted by atomic mass is 32.2. The number of fused-ring (bicyclic) bond motifs is 3. The largest absolute Gasteiger partial charge is 0.491 e. The summed E-state index contributed by atoms with van der Waals surface area (Å²) < 4.78 is 8.33.